The van der Waals surface area contributed by atoms with Crippen LogP contribution in [0.15, 0.2) is 51.7 Å². The Morgan fingerprint density at radius 1 is 0.893 bits per heavy atom. The maximum Gasteiger partial charge on any atom is 0.336 e. The third-order valence-corrected chi connectivity index (χ3v) is 6.16. The molecule has 2 heterocycles. The zero-order valence-corrected chi connectivity index (χ0v) is 17.1. The molecule has 1 aliphatic rings. The van der Waals surface area contributed by atoms with E-state index in [4.69, 9.17) is 4.42 Å². The van der Waals surface area contributed by atoms with Crippen LogP contribution in [0.1, 0.15) is 27.8 Å². The van der Waals surface area contributed by atoms with Gasteiger partial charge in [0, 0.05) is 22.6 Å². The quantitative estimate of drug-likeness (QED) is 0.670. The average molecular weight is 379 g/mol. The van der Waals surface area contributed by atoms with E-state index >= 15 is 0 Å². The fourth-order valence-corrected chi connectivity index (χ4v) is 4.36. The van der Waals surface area contributed by atoms with Gasteiger partial charge in [0.15, 0.2) is 0 Å². The van der Waals surface area contributed by atoms with Gasteiger partial charge in [-0.1, -0.05) is 42.0 Å². The lowest BCUT2D eigenvalue weighted by Gasteiger charge is -2.30. The monoisotopic (exact) mass is 378 g/mol. The van der Waals surface area contributed by atoms with Crippen LogP contribution in [0.25, 0.3) is 11.0 Å². The topological polar surface area (TPSA) is 39.1 Å². The van der Waals surface area contributed by atoms with Crippen molar-refractivity contribution in [2.45, 2.75) is 33.9 Å². The Kier molecular flexibility index (Phi) is 5.33. The number of piperazine rings is 1. The minimum Gasteiger partial charge on any atom is -0.422 e. The third-order valence-electron chi connectivity index (χ3n) is 6.16. The minimum atomic E-state index is -0.237. The van der Waals surface area contributed by atoms with E-state index in [1.54, 1.807) is 15.9 Å². The number of benzene rings is 2. The van der Waals surface area contributed by atoms with Crippen molar-refractivity contribution >= 4 is 11.0 Å². The summed E-state index contributed by atoms with van der Waals surface area (Å²) in [4.78, 5) is 15.3. The highest BCUT2D eigenvalue weighted by atomic mass is 16.4. The molecule has 0 spiro atoms. The molecule has 4 nitrogen and oxygen atoms in total. The van der Waals surface area contributed by atoms with Crippen LogP contribution in [0.5, 0.6) is 0 Å². The van der Waals surface area contributed by atoms with Gasteiger partial charge in [-0.3, -0.25) is 0 Å². The van der Waals surface area contributed by atoms with E-state index in [-0.39, 0.29) is 5.63 Å². The van der Waals surface area contributed by atoms with Crippen molar-refractivity contribution in [2.75, 3.05) is 26.2 Å². The lowest BCUT2D eigenvalue weighted by molar-refractivity contribution is -1.02. The Balaban J connectivity index is 1.45. The molecular weight excluding hydrogens is 348 g/mol. The fraction of sp³-hybridized carbons (Fsp3) is 0.375. The van der Waals surface area contributed by atoms with E-state index in [1.165, 1.54) is 24.2 Å². The van der Waals surface area contributed by atoms with Crippen LogP contribution >= 0.6 is 0 Å². The van der Waals surface area contributed by atoms with Gasteiger partial charge in [-0.05, 0) is 31.9 Å². The number of fused-ring (bicyclic) bond motifs is 1. The van der Waals surface area contributed by atoms with Crippen LogP contribution in [0.2, 0.25) is 0 Å². The largest absolute Gasteiger partial charge is 0.422 e. The molecule has 1 aromatic heterocycles. The second kappa shape index (κ2) is 7.90. The number of aryl methyl sites for hydroxylation is 3. The van der Waals surface area contributed by atoms with Crippen molar-refractivity contribution in [2.24, 2.45) is 0 Å². The molecule has 0 atom stereocenters. The zero-order valence-electron chi connectivity index (χ0n) is 17.1. The van der Waals surface area contributed by atoms with Crippen LogP contribution < -0.4 is 15.4 Å². The summed E-state index contributed by atoms with van der Waals surface area (Å²) in [6.07, 6.45) is 0. The van der Waals surface area contributed by atoms with Crippen molar-refractivity contribution in [3.8, 4) is 0 Å². The van der Waals surface area contributed by atoms with E-state index in [2.05, 4.69) is 50.2 Å². The van der Waals surface area contributed by atoms with Gasteiger partial charge in [0.2, 0.25) is 0 Å². The summed E-state index contributed by atoms with van der Waals surface area (Å²) in [5, 5.41) is 1.09. The van der Waals surface area contributed by atoms with E-state index < -0.39 is 0 Å². The van der Waals surface area contributed by atoms with Gasteiger partial charge in [0.05, 0.1) is 0 Å². The van der Waals surface area contributed by atoms with Crippen molar-refractivity contribution in [3.05, 3.63) is 80.7 Å². The van der Waals surface area contributed by atoms with E-state index in [0.717, 1.165) is 53.8 Å². The SMILES string of the molecule is Cc1cccc(C[NH+]2CC[NH+](Cc3cc(=O)oc4c(C)c(C)ccc34)CC2)c1. The van der Waals surface area contributed by atoms with Gasteiger partial charge >= 0.3 is 5.63 Å². The molecule has 0 bridgehead atoms. The van der Waals surface area contributed by atoms with Crippen LogP contribution in [0.4, 0.5) is 0 Å². The first-order valence-corrected chi connectivity index (χ1v) is 10.3. The Morgan fingerprint density at radius 3 is 2.32 bits per heavy atom. The van der Waals surface area contributed by atoms with E-state index in [0.29, 0.717) is 0 Å². The van der Waals surface area contributed by atoms with Crippen LogP contribution in [-0.4, -0.2) is 26.2 Å². The predicted octanol–water partition coefficient (Wildman–Crippen LogP) is 1.20. The summed E-state index contributed by atoms with van der Waals surface area (Å²) < 4.78 is 5.53. The Bertz CT molecular complexity index is 1050. The molecule has 0 unspecified atom stereocenters. The molecule has 2 aromatic carbocycles. The summed E-state index contributed by atoms with van der Waals surface area (Å²) in [5.74, 6) is 0. The lowest BCUT2D eigenvalue weighted by Crippen LogP contribution is -3.27. The summed E-state index contributed by atoms with van der Waals surface area (Å²) in [6.45, 7) is 12.8. The maximum atomic E-state index is 12.1. The summed E-state index contributed by atoms with van der Waals surface area (Å²) >= 11 is 0. The van der Waals surface area contributed by atoms with Crippen LogP contribution in [0, 0.1) is 20.8 Å². The summed E-state index contributed by atoms with van der Waals surface area (Å²) in [5.41, 5.74) is 6.63. The van der Waals surface area contributed by atoms with Gasteiger partial charge in [-0.25, -0.2) is 4.79 Å². The van der Waals surface area contributed by atoms with Crippen molar-refractivity contribution in [3.63, 3.8) is 0 Å². The van der Waals surface area contributed by atoms with Gasteiger partial charge in [-0.2, -0.15) is 0 Å². The van der Waals surface area contributed by atoms with E-state index in [1.807, 2.05) is 6.92 Å². The highest BCUT2D eigenvalue weighted by Crippen LogP contribution is 2.22. The molecule has 1 saturated heterocycles. The molecule has 146 valence electrons. The first kappa shape index (κ1) is 18.9. The number of hydrogen-bond acceptors (Lipinski definition) is 2. The van der Waals surface area contributed by atoms with Gasteiger partial charge in [0.1, 0.15) is 44.9 Å². The lowest BCUT2D eigenvalue weighted by atomic mass is 10.0. The molecule has 4 rings (SSSR count). The second-order valence-electron chi connectivity index (χ2n) is 8.32. The standard InChI is InChI=1S/C24H28N2O2/c1-17-5-4-6-20(13-17)15-25-9-11-26(12-10-25)16-21-14-23(27)28-24-19(3)18(2)7-8-22(21)24/h4-8,13-14H,9-12,15-16H2,1-3H3/p+2. The van der Waals surface area contributed by atoms with Crippen LogP contribution in [-0.2, 0) is 13.1 Å². The molecular formula is C24H30N2O2+2. The molecule has 4 heteroatoms. The smallest absolute Gasteiger partial charge is 0.336 e. The molecule has 3 aromatic rings. The predicted molar refractivity (Wildman–Crippen MR) is 112 cm³/mol. The molecule has 28 heavy (non-hydrogen) atoms. The maximum absolute atomic E-state index is 12.1. The van der Waals surface area contributed by atoms with Crippen molar-refractivity contribution in [1.82, 2.24) is 0 Å². The highest BCUT2D eigenvalue weighted by molar-refractivity contribution is 5.83. The van der Waals surface area contributed by atoms with Gasteiger partial charge in [0.25, 0.3) is 0 Å². The summed E-state index contributed by atoms with van der Waals surface area (Å²) in [7, 11) is 0. The van der Waals surface area contributed by atoms with Crippen LogP contribution in [0.3, 0.4) is 0 Å². The molecule has 2 N–H and O–H groups in total. The third kappa shape index (κ3) is 4.03. The number of quaternary nitrogens is 2. The normalized spacial score (nSPS) is 19.8. The van der Waals surface area contributed by atoms with Crippen molar-refractivity contribution < 1.29 is 14.2 Å². The molecule has 0 aliphatic carbocycles. The van der Waals surface area contributed by atoms with Gasteiger partial charge in [-0.15, -0.1) is 0 Å². The summed E-state index contributed by atoms with van der Waals surface area (Å²) in [6, 6.07) is 14.8. The Hall–Kier alpha value is -2.43. The first-order chi connectivity index (χ1) is 13.5. The Labute approximate surface area is 166 Å². The molecule has 0 radical (unpaired) electrons. The zero-order chi connectivity index (χ0) is 19.7. The molecule has 0 amide bonds. The number of hydrogen-bond donors (Lipinski definition) is 2. The number of nitrogens with one attached hydrogen (secondary N) is 2. The van der Waals surface area contributed by atoms with Crippen molar-refractivity contribution in [1.29, 1.82) is 0 Å². The van der Waals surface area contributed by atoms with E-state index in [9.17, 15) is 4.79 Å². The number of rotatable bonds is 4. The highest BCUT2D eigenvalue weighted by Gasteiger charge is 2.24. The molecule has 0 saturated carbocycles. The minimum absolute atomic E-state index is 0.237. The van der Waals surface area contributed by atoms with Gasteiger partial charge < -0.3 is 14.2 Å². The molecule has 1 aliphatic heterocycles. The fourth-order valence-electron chi connectivity index (χ4n) is 4.36. The first-order valence-electron chi connectivity index (χ1n) is 10.3. The average Bonchev–Trinajstić information content (AvgIpc) is 2.67. The second-order valence-corrected chi connectivity index (χ2v) is 8.32. The Morgan fingerprint density at radius 2 is 1.61 bits per heavy atom. The molecule has 1 fully saturated rings.